The van der Waals surface area contributed by atoms with E-state index < -0.39 is 0 Å². The Balaban J connectivity index is 2.13. The Labute approximate surface area is 63.8 Å². The highest BCUT2D eigenvalue weighted by Crippen LogP contribution is 2.09. The minimum Gasteiger partial charge on any atom is -0.286 e. The third-order valence-electron chi connectivity index (χ3n) is 1.70. The highest BCUT2D eigenvalue weighted by molar-refractivity contribution is 4.70. The average Bonchev–Trinajstić information content (AvgIpc) is 1.88. The Morgan fingerprint density at radius 2 is 1.70 bits per heavy atom. The van der Waals surface area contributed by atoms with Gasteiger partial charge in [0.2, 0.25) is 0 Å². The molecule has 0 saturated carbocycles. The molecule has 0 unspecified atom stereocenters. The fourth-order valence-electron chi connectivity index (χ4n) is 1.28. The molecule has 1 heterocycles. The third kappa shape index (κ3) is 2.67. The summed E-state index contributed by atoms with van der Waals surface area (Å²) in [5, 5.41) is 0. The maximum absolute atomic E-state index is 3.25. The van der Waals surface area contributed by atoms with Gasteiger partial charge in [0.05, 0.1) is 0 Å². The molecule has 0 amide bonds. The SMILES string of the molecule is CN(C)[C]N1CCCCC1. The van der Waals surface area contributed by atoms with Gasteiger partial charge in [-0.1, -0.05) is 6.42 Å². The van der Waals surface area contributed by atoms with E-state index in [1.54, 1.807) is 0 Å². The highest BCUT2D eigenvalue weighted by Gasteiger charge is 2.10. The lowest BCUT2D eigenvalue weighted by Crippen LogP contribution is -2.32. The standard InChI is InChI=1S/C8H16N2/c1-9(2)8-10-6-4-3-5-7-10/h3-7H2,1-2H3. The Morgan fingerprint density at radius 1 is 1.10 bits per heavy atom. The van der Waals surface area contributed by atoms with Crippen LogP contribution >= 0.6 is 0 Å². The van der Waals surface area contributed by atoms with Gasteiger partial charge in [0.25, 0.3) is 0 Å². The van der Waals surface area contributed by atoms with Crippen LogP contribution in [0.1, 0.15) is 19.3 Å². The van der Waals surface area contributed by atoms with Crippen LogP contribution in [0.3, 0.4) is 0 Å². The largest absolute Gasteiger partial charge is 0.286 e. The number of piperidine rings is 1. The summed E-state index contributed by atoms with van der Waals surface area (Å²) in [6.07, 6.45) is 4.06. The number of likely N-dealkylation sites (tertiary alicyclic amines) is 1. The molecule has 1 aliphatic rings. The van der Waals surface area contributed by atoms with Gasteiger partial charge in [-0.25, -0.2) is 0 Å². The molecule has 2 radical (unpaired) electrons. The van der Waals surface area contributed by atoms with Crippen LogP contribution in [0.15, 0.2) is 0 Å². The Hall–Kier alpha value is -0.0800. The number of rotatable bonds is 2. The average molecular weight is 140 g/mol. The van der Waals surface area contributed by atoms with Gasteiger partial charge in [0, 0.05) is 13.1 Å². The smallest absolute Gasteiger partial charge is 0.145 e. The van der Waals surface area contributed by atoms with Crippen molar-refractivity contribution in [2.45, 2.75) is 19.3 Å². The van der Waals surface area contributed by atoms with Crippen molar-refractivity contribution in [3.63, 3.8) is 0 Å². The molecule has 1 fully saturated rings. The fourth-order valence-corrected chi connectivity index (χ4v) is 1.28. The van der Waals surface area contributed by atoms with E-state index in [4.69, 9.17) is 0 Å². The summed E-state index contributed by atoms with van der Waals surface area (Å²) in [7, 11) is 4.04. The van der Waals surface area contributed by atoms with Crippen LogP contribution in [0.25, 0.3) is 0 Å². The molecular formula is C8H16N2. The lowest BCUT2D eigenvalue weighted by atomic mass is 10.1. The maximum Gasteiger partial charge on any atom is 0.145 e. The van der Waals surface area contributed by atoms with Crippen LogP contribution in [0.2, 0.25) is 0 Å². The molecule has 0 aromatic carbocycles. The highest BCUT2D eigenvalue weighted by atomic mass is 15.3. The van der Waals surface area contributed by atoms with Crippen LogP contribution in [-0.2, 0) is 0 Å². The molecule has 2 nitrogen and oxygen atoms in total. The molecule has 0 N–H and O–H groups in total. The fraction of sp³-hybridized carbons (Fsp3) is 0.875. The van der Waals surface area contributed by atoms with Crippen LogP contribution < -0.4 is 0 Å². The maximum atomic E-state index is 3.25. The zero-order chi connectivity index (χ0) is 7.40. The molecule has 0 aliphatic carbocycles. The van der Waals surface area contributed by atoms with Gasteiger partial charge in [-0.05, 0) is 26.9 Å². The molecule has 2 heteroatoms. The van der Waals surface area contributed by atoms with Crippen molar-refractivity contribution in [3.05, 3.63) is 6.67 Å². The predicted octanol–water partition coefficient (Wildman–Crippen LogP) is 1.03. The minimum absolute atomic E-state index is 1.19. The molecule has 1 saturated heterocycles. The molecule has 0 spiro atoms. The number of hydrogen-bond donors (Lipinski definition) is 0. The second-order valence-electron chi connectivity index (χ2n) is 3.04. The Morgan fingerprint density at radius 3 is 2.20 bits per heavy atom. The van der Waals surface area contributed by atoms with Crippen LogP contribution in [0, 0.1) is 6.67 Å². The summed E-state index contributed by atoms with van der Waals surface area (Å²) in [5.74, 6) is 0. The molecular weight excluding hydrogens is 124 g/mol. The summed E-state index contributed by atoms with van der Waals surface area (Å²) in [5.41, 5.74) is 0. The summed E-state index contributed by atoms with van der Waals surface area (Å²) in [6.45, 7) is 5.63. The predicted molar refractivity (Wildman–Crippen MR) is 42.4 cm³/mol. The Bertz CT molecular complexity index is 85.3. The van der Waals surface area contributed by atoms with Crippen molar-refractivity contribution in [1.82, 2.24) is 9.80 Å². The van der Waals surface area contributed by atoms with E-state index in [1.165, 1.54) is 32.4 Å². The van der Waals surface area contributed by atoms with E-state index in [0.717, 1.165) is 0 Å². The van der Waals surface area contributed by atoms with Crippen LogP contribution in [0.5, 0.6) is 0 Å². The van der Waals surface area contributed by atoms with Crippen molar-refractivity contribution >= 4 is 0 Å². The van der Waals surface area contributed by atoms with Gasteiger partial charge in [-0.2, -0.15) is 0 Å². The van der Waals surface area contributed by atoms with E-state index in [0.29, 0.717) is 0 Å². The lowest BCUT2D eigenvalue weighted by molar-refractivity contribution is 0.211. The first-order valence-corrected chi connectivity index (χ1v) is 3.97. The summed E-state index contributed by atoms with van der Waals surface area (Å²) >= 11 is 0. The van der Waals surface area contributed by atoms with Crippen molar-refractivity contribution < 1.29 is 0 Å². The van der Waals surface area contributed by atoms with E-state index in [9.17, 15) is 0 Å². The molecule has 0 atom stereocenters. The lowest BCUT2D eigenvalue weighted by Gasteiger charge is -2.27. The van der Waals surface area contributed by atoms with E-state index in [1.807, 2.05) is 19.0 Å². The van der Waals surface area contributed by atoms with Crippen molar-refractivity contribution in [2.24, 2.45) is 0 Å². The normalized spacial score (nSPS) is 21.9. The minimum atomic E-state index is 1.19. The van der Waals surface area contributed by atoms with Gasteiger partial charge in [-0.15, -0.1) is 0 Å². The first-order chi connectivity index (χ1) is 4.79. The van der Waals surface area contributed by atoms with E-state index >= 15 is 0 Å². The van der Waals surface area contributed by atoms with Gasteiger partial charge in [0.1, 0.15) is 6.67 Å². The third-order valence-corrected chi connectivity index (χ3v) is 1.70. The topological polar surface area (TPSA) is 6.48 Å². The molecule has 58 valence electrons. The van der Waals surface area contributed by atoms with Gasteiger partial charge < -0.3 is 0 Å². The van der Waals surface area contributed by atoms with Crippen LogP contribution in [0.4, 0.5) is 0 Å². The van der Waals surface area contributed by atoms with Crippen molar-refractivity contribution in [3.8, 4) is 0 Å². The first kappa shape index (κ1) is 8.02. The van der Waals surface area contributed by atoms with E-state index in [-0.39, 0.29) is 0 Å². The molecule has 0 aromatic heterocycles. The summed E-state index contributed by atoms with van der Waals surface area (Å²) in [6, 6.07) is 0. The monoisotopic (exact) mass is 140 g/mol. The quantitative estimate of drug-likeness (QED) is 0.529. The van der Waals surface area contributed by atoms with Gasteiger partial charge in [-0.3, -0.25) is 9.80 Å². The van der Waals surface area contributed by atoms with Crippen molar-refractivity contribution in [2.75, 3.05) is 27.2 Å². The molecule has 1 aliphatic heterocycles. The second kappa shape index (κ2) is 3.94. The molecule has 0 aromatic rings. The second-order valence-corrected chi connectivity index (χ2v) is 3.04. The molecule has 0 bridgehead atoms. The first-order valence-electron chi connectivity index (χ1n) is 3.97. The molecule has 1 rings (SSSR count). The molecule has 10 heavy (non-hydrogen) atoms. The van der Waals surface area contributed by atoms with Crippen LogP contribution in [-0.4, -0.2) is 37.0 Å². The van der Waals surface area contributed by atoms with E-state index in [2.05, 4.69) is 11.6 Å². The zero-order valence-corrected chi connectivity index (χ0v) is 6.93. The number of hydrogen-bond acceptors (Lipinski definition) is 2. The van der Waals surface area contributed by atoms with Crippen molar-refractivity contribution in [1.29, 1.82) is 0 Å². The van der Waals surface area contributed by atoms with Gasteiger partial charge >= 0.3 is 0 Å². The summed E-state index contributed by atoms with van der Waals surface area (Å²) < 4.78 is 0. The zero-order valence-electron chi connectivity index (χ0n) is 6.93. The number of nitrogens with zero attached hydrogens (tertiary/aromatic N) is 2. The Kier molecular flexibility index (Phi) is 3.16. The summed E-state index contributed by atoms with van der Waals surface area (Å²) in [4.78, 5) is 4.26. The van der Waals surface area contributed by atoms with Gasteiger partial charge in [0.15, 0.2) is 0 Å².